The summed E-state index contributed by atoms with van der Waals surface area (Å²) in [6.07, 6.45) is 0. The Morgan fingerprint density at radius 2 is 1.64 bits per heavy atom. The summed E-state index contributed by atoms with van der Waals surface area (Å²) in [6, 6.07) is 18.3. The first-order chi connectivity index (χ1) is 12.1. The van der Waals surface area contributed by atoms with Gasteiger partial charge in [0.25, 0.3) is 5.78 Å². The van der Waals surface area contributed by atoms with Crippen molar-refractivity contribution in [1.82, 2.24) is 19.6 Å². The van der Waals surface area contributed by atoms with Crippen molar-refractivity contribution in [1.29, 1.82) is 0 Å². The molecule has 2 heterocycles. The zero-order valence-electron chi connectivity index (χ0n) is 14.5. The Bertz CT molecular complexity index is 1050. The minimum absolute atomic E-state index is 0.591. The van der Waals surface area contributed by atoms with Crippen molar-refractivity contribution in [2.24, 2.45) is 0 Å². The van der Waals surface area contributed by atoms with E-state index in [2.05, 4.69) is 64.6 Å². The van der Waals surface area contributed by atoms with Crippen LogP contribution in [0.4, 0.5) is 11.5 Å². The molecule has 0 aliphatic heterocycles. The van der Waals surface area contributed by atoms with E-state index in [1.807, 2.05) is 31.2 Å². The topological polar surface area (TPSA) is 55.1 Å². The van der Waals surface area contributed by atoms with Crippen LogP contribution in [0.15, 0.2) is 54.6 Å². The van der Waals surface area contributed by atoms with Crippen molar-refractivity contribution in [3.05, 3.63) is 71.4 Å². The predicted octanol–water partition coefficient (Wildman–Crippen LogP) is 4.46. The van der Waals surface area contributed by atoms with Gasteiger partial charge in [-0.3, -0.25) is 0 Å². The lowest BCUT2D eigenvalue weighted by Crippen LogP contribution is -2.02. The van der Waals surface area contributed by atoms with Gasteiger partial charge in [0.1, 0.15) is 5.82 Å². The molecule has 0 spiro atoms. The summed E-state index contributed by atoms with van der Waals surface area (Å²) in [5, 5.41) is 8.09. The summed E-state index contributed by atoms with van der Waals surface area (Å²) >= 11 is 0. The molecule has 5 heteroatoms. The molecule has 0 unspecified atom stereocenters. The second-order valence-corrected chi connectivity index (χ2v) is 6.24. The zero-order valence-corrected chi connectivity index (χ0v) is 14.5. The van der Waals surface area contributed by atoms with Crippen LogP contribution in [0.25, 0.3) is 17.2 Å². The van der Waals surface area contributed by atoms with Gasteiger partial charge >= 0.3 is 0 Å². The SMILES string of the molecule is Cc1ccc(Nc2cc(C)nc3nc(-c4ccccc4C)nn23)cc1. The molecule has 0 aliphatic rings. The number of fused-ring (bicyclic) bond motifs is 1. The van der Waals surface area contributed by atoms with Gasteiger partial charge in [-0.1, -0.05) is 42.0 Å². The molecule has 4 aromatic rings. The predicted molar refractivity (Wildman–Crippen MR) is 100 cm³/mol. The van der Waals surface area contributed by atoms with Crippen LogP contribution in [-0.4, -0.2) is 19.6 Å². The molecule has 4 rings (SSSR count). The van der Waals surface area contributed by atoms with Crippen molar-refractivity contribution >= 4 is 17.3 Å². The molecule has 0 amide bonds. The van der Waals surface area contributed by atoms with Crippen molar-refractivity contribution in [2.75, 3.05) is 5.32 Å². The fraction of sp³-hybridized carbons (Fsp3) is 0.150. The van der Waals surface area contributed by atoms with Gasteiger partial charge in [-0.2, -0.15) is 9.50 Å². The van der Waals surface area contributed by atoms with Gasteiger partial charge in [-0.15, -0.1) is 5.10 Å². The fourth-order valence-corrected chi connectivity index (χ4v) is 2.80. The molecule has 25 heavy (non-hydrogen) atoms. The highest BCUT2D eigenvalue weighted by Crippen LogP contribution is 2.23. The summed E-state index contributed by atoms with van der Waals surface area (Å²) in [4.78, 5) is 9.14. The molecule has 0 fully saturated rings. The lowest BCUT2D eigenvalue weighted by molar-refractivity contribution is 0.939. The van der Waals surface area contributed by atoms with Crippen molar-refractivity contribution in [2.45, 2.75) is 20.8 Å². The number of aryl methyl sites for hydroxylation is 3. The first kappa shape index (κ1) is 15.3. The maximum Gasteiger partial charge on any atom is 0.254 e. The second kappa shape index (κ2) is 6.02. The lowest BCUT2D eigenvalue weighted by Gasteiger charge is -2.08. The average molecular weight is 329 g/mol. The first-order valence-corrected chi connectivity index (χ1v) is 8.24. The quantitative estimate of drug-likeness (QED) is 0.603. The number of hydrogen-bond donors (Lipinski definition) is 1. The molecule has 0 aliphatic carbocycles. The largest absolute Gasteiger partial charge is 0.340 e. The van der Waals surface area contributed by atoms with Crippen LogP contribution in [-0.2, 0) is 0 Å². The molecule has 0 saturated carbocycles. The van der Waals surface area contributed by atoms with Crippen molar-refractivity contribution in [3.63, 3.8) is 0 Å². The minimum Gasteiger partial charge on any atom is -0.340 e. The molecule has 0 bridgehead atoms. The molecular formula is C20H19N5. The Balaban J connectivity index is 1.82. The molecule has 5 nitrogen and oxygen atoms in total. The molecular weight excluding hydrogens is 310 g/mol. The average Bonchev–Trinajstić information content (AvgIpc) is 3.01. The van der Waals surface area contributed by atoms with Gasteiger partial charge in [0, 0.05) is 23.0 Å². The smallest absolute Gasteiger partial charge is 0.254 e. The van der Waals surface area contributed by atoms with Crippen LogP contribution >= 0.6 is 0 Å². The molecule has 2 aromatic carbocycles. The number of nitrogens with one attached hydrogen (secondary N) is 1. The maximum atomic E-state index is 4.68. The maximum absolute atomic E-state index is 4.68. The minimum atomic E-state index is 0.591. The summed E-state index contributed by atoms with van der Waals surface area (Å²) in [7, 11) is 0. The Morgan fingerprint density at radius 1 is 0.880 bits per heavy atom. The van der Waals surface area contributed by atoms with Crippen LogP contribution in [0.2, 0.25) is 0 Å². The van der Waals surface area contributed by atoms with Gasteiger partial charge in [0.2, 0.25) is 0 Å². The van der Waals surface area contributed by atoms with Crippen molar-refractivity contribution in [3.8, 4) is 11.4 Å². The third kappa shape index (κ3) is 2.96. The van der Waals surface area contributed by atoms with E-state index in [-0.39, 0.29) is 0 Å². The summed E-state index contributed by atoms with van der Waals surface area (Å²) < 4.78 is 1.76. The van der Waals surface area contributed by atoms with Gasteiger partial charge in [0.05, 0.1) is 0 Å². The van der Waals surface area contributed by atoms with E-state index in [9.17, 15) is 0 Å². The molecule has 1 N–H and O–H groups in total. The van der Waals surface area contributed by atoms with E-state index >= 15 is 0 Å². The van der Waals surface area contributed by atoms with E-state index in [1.54, 1.807) is 4.52 Å². The Kier molecular flexibility index (Phi) is 3.69. The molecule has 0 saturated heterocycles. The van der Waals surface area contributed by atoms with Crippen LogP contribution < -0.4 is 5.32 Å². The zero-order chi connectivity index (χ0) is 17.4. The second-order valence-electron chi connectivity index (χ2n) is 6.24. The standard InChI is InChI=1S/C20H19N5/c1-13-8-10-16(11-9-13)22-18-12-15(3)21-20-23-19(24-25(18)20)17-7-5-4-6-14(17)2/h4-12,22H,1-3H3. The van der Waals surface area contributed by atoms with Crippen LogP contribution in [0.1, 0.15) is 16.8 Å². The number of aromatic nitrogens is 4. The third-order valence-electron chi connectivity index (χ3n) is 4.15. The third-order valence-corrected chi connectivity index (χ3v) is 4.15. The Labute approximate surface area is 146 Å². The molecule has 0 radical (unpaired) electrons. The van der Waals surface area contributed by atoms with Gasteiger partial charge < -0.3 is 5.32 Å². The van der Waals surface area contributed by atoms with Crippen molar-refractivity contribution < 1.29 is 0 Å². The van der Waals surface area contributed by atoms with E-state index in [0.717, 1.165) is 28.3 Å². The Hall–Kier alpha value is -3.21. The van der Waals surface area contributed by atoms with Gasteiger partial charge in [-0.05, 0) is 38.5 Å². The highest BCUT2D eigenvalue weighted by atomic mass is 15.4. The lowest BCUT2D eigenvalue weighted by atomic mass is 10.1. The van der Waals surface area contributed by atoms with Gasteiger partial charge in [-0.25, -0.2) is 4.98 Å². The van der Waals surface area contributed by atoms with Crippen LogP contribution in [0, 0.1) is 20.8 Å². The van der Waals surface area contributed by atoms with Gasteiger partial charge in [0.15, 0.2) is 5.82 Å². The van der Waals surface area contributed by atoms with E-state index in [1.165, 1.54) is 5.56 Å². The summed E-state index contributed by atoms with van der Waals surface area (Å²) in [6.45, 7) is 6.10. The first-order valence-electron chi connectivity index (χ1n) is 8.24. The highest BCUT2D eigenvalue weighted by molar-refractivity contribution is 5.64. The number of rotatable bonds is 3. The monoisotopic (exact) mass is 329 g/mol. The highest BCUT2D eigenvalue weighted by Gasteiger charge is 2.13. The Morgan fingerprint density at radius 3 is 2.40 bits per heavy atom. The number of anilines is 2. The van der Waals surface area contributed by atoms with E-state index in [4.69, 9.17) is 0 Å². The molecule has 0 atom stereocenters. The summed E-state index contributed by atoms with van der Waals surface area (Å²) in [5.74, 6) is 2.12. The fourth-order valence-electron chi connectivity index (χ4n) is 2.80. The number of nitrogens with zero attached hydrogens (tertiary/aromatic N) is 4. The number of benzene rings is 2. The normalized spacial score (nSPS) is 11.0. The van der Waals surface area contributed by atoms with E-state index in [0.29, 0.717) is 11.6 Å². The number of hydrogen-bond acceptors (Lipinski definition) is 4. The molecule has 124 valence electrons. The van der Waals surface area contributed by atoms with E-state index < -0.39 is 0 Å². The van der Waals surface area contributed by atoms with Crippen LogP contribution in [0.3, 0.4) is 0 Å². The van der Waals surface area contributed by atoms with Crippen LogP contribution in [0.5, 0.6) is 0 Å². The summed E-state index contributed by atoms with van der Waals surface area (Å²) in [5.41, 5.74) is 5.29. The molecule has 2 aromatic heterocycles.